The summed E-state index contributed by atoms with van der Waals surface area (Å²) < 4.78 is 11.7. The molecule has 0 bridgehead atoms. The van der Waals surface area contributed by atoms with Gasteiger partial charge in [0.1, 0.15) is 29.2 Å². The van der Waals surface area contributed by atoms with E-state index in [-0.39, 0.29) is 5.91 Å². The van der Waals surface area contributed by atoms with Gasteiger partial charge in [0.2, 0.25) is 5.91 Å². The molecule has 9 heteroatoms. The Morgan fingerprint density at radius 2 is 1.63 bits per heavy atom. The second kappa shape index (κ2) is 9.83. The van der Waals surface area contributed by atoms with E-state index >= 15 is 0 Å². The Balaban J connectivity index is 1.39. The number of ether oxygens (including phenoxy) is 1. The van der Waals surface area contributed by atoms with E-state index < -0.39 is 24.0 Å². The standard InChI is InChI=1S/C29H22Cl2N2O5/c1-2-36-20-11-9-18(10-12-20)32-28(34)25-26(33(38-27(25)29(32)35)19-6-4-3-5-7-19)24-15-14-23(37-24)21-16-17(30)8-13-22(21)31/h3-16,25-27H,2H2,1H3/t25-,26-,27+/m1/s1. The Morgan fingerprint density at radius 3 is 2.37 bits per heavy atom. The number of carbonyl (C=O) groups is 2. The van der Waals surface area contributed by atoms with Crippen molar-refractivity contribution in [3.05, 3.63) is 101 Å². The second-order valence-electron chi connectivity index (χ2n) is 8.92. The van der Waals surface area contributed by atoms with Crippen molar-refractivity contribution in [2.75, 3.05) is 16.6 Å². The van der Waals surface area contributed by atoms with Crippen LogP contribution in [0.5, 0.6) is 5.75 Å². The fourth-order valence-corrected chi connectivity index (χ4v) is 5.34. The highest BCUT2D eigenvalue weighted by atomic mass is 35.5. The van der Waals surface area contributed by atoms with E-state index in [0.29, 0.717) is 50.9 Å². The van der Waals surface area contributed by atoms with Crippen molar-refractivity contribution in [2.24, 2.45) is 5.92 Å². The van der Waals surface area contributed by atoms with E-state index in [4.69, 9.17) is 37.2 Å². The van der Waals surface area contributed by atoms with Gasteiger partial charge in [0, 0.05) is 10.6 Å². The highest BCUT2D eigenvalue weighted by molar-refractivity contribution is 6.35. The summed E-state index contributed by atoms with van der Waals surface area (Å²) >= 11 is 12.6. The van der Waals surface area contributed by atoms with E-state index in [9.17, 15) is 9.59 Å². The maximum atomic E-state index is 13.8. The number of hydrogen-bond acceptors (Lipinski definition) is 6. The van der Waals surface area contributed by atoms with Crippen molar-refractivity contribution in [1.29, 1.82) is 0 Å². The first kappa shape index (κ1) is 24.6. The first-order chi connectivity index (χ1) is 18.5. The van der Waals surface area contributed by atoms with Crippen LogP contribution in [0.15, 0.2) is 89.3 Å². The van der Waals surface area contributed by atoms with Crippen LogP contribution in [-0.4, -0.2) is 24.5 Å². The molecule has 2 aliphatic heterocycles. The molecule has 2 fully saturated rings. The van der Waals surface area contributed by atoms with Gasteiger partial charge in [-0.25, -0.2) is 9.96 Å². The number of furan rings is 1. The molecule has 3 heterocycles. The summed E-state index contributed by atoms with van der Waals surface area (Å²) in [6.07, 6.45) is -1.01. The zero-order valence-electron chi connectivity index (χ0n) is 20.2. The highest BCUT2D eigenvalue weighted by Crippen LogP contribution is 2.48. The monoisotopic (exact) mass is 548 g/mol. The summed E-state index contributed by atoms with van der Waals surface area (Å²) in [4.78, 5) is 34.7. The van der Waals surface area contributed by atoms with E-state index in [1.165, 1.54) is 4.90 Å². The Morgan fingerprint density at radius 1 is 0.868 bits per heavy atom. The zero-order chi connectivity index (χ0) is 26.4. The lowest BCUT2D eigenvalue weighted by Crippen LogP contribution is -2.37. The molecule has 2 saturated heterocycles. The van der Waals surface area contributed by atoms with Crippen LogP contribution in [0.25, 0.3) is 11.3 Å². The van der Waals surface area contributed by atoms with Crippen LogP contribution in [-0.2, 0) is 14.4 Å². The van der Waals surface area contributed by atoms with E-state index in [1.807, 2.05) is 37.3 Å². The Hall–Kier alpha value is -3.78. The van der Waals surface area contributed by atoms with E-state index in [2.05, 4.69) is 0 Å². The lowest BCUT2D eigenvalue weighted by Gasteiger charge is -2.27. The van der Waals surface area contributed by atoms with Crippen LogP contribution in [0.2, 0.25) is 10.0 Å². The lowest BCUT2D eigenvalue weighted by molar-refractivity contribution is -0.126. The molecule has 192 valence electrons. The van der Waals surface area contributed by atoms with Crippen LogP contribution in [0.4, 0.5) is 11.4 Å². The summed E-state index contributed by atoms with van der Waals surface area (Å²) in [6.45, 7) is 2.40. The molecule has 7 nitrogen and oxygen atoms in total. The maximum absolute atomic E-state index is 13.8. The minimum Gasteiger partial charge on any atom is -0.494 e. The zero-order valence-corrected chi connectivity index (χ0v) is 21.7. The molecule has 38 heavy (non-hydrogen) atoms. The summed E-state index contributed by atoms with van der Waals surface area (Å²) in [6, 6.07) is 24.1. The largest absolute Gasteiger partial charge is 0.494 e. The molecule has 3 aromatic carbocycles. The van der Waals surface area contributed by atoms with E-state index in [0.717, 1.165) is 0 Å². The molecular formula is C29H22Cl2N2O5. The van der Waals surface area contributed by atoms with Gasteiger partial charge in [-0.3, -0.25) is 14.4 Å². The number of para-hydroxylation sites is 1. The maximum Gasteiger partial charge on any atom is 0.266 e. The van der Waals surface area contributed by atoms with Crippen LogP contribution in [0.1, 0.15) is 18.7 Å². The fourth-order valence-electron chi connectivity index (χ4n) is 4.96. The SMILES string of the molecule is CCOc1ccc(N2C(=O)[C@H]3[C@H](ON(c4ccccc4)[C@@H]3c3ccc(-c4cc(Cl)ccc4Cl)o3)C2=O)cc1. The number of anilines is 2. The predicted molar refractivity (Wildman–Crippen MR) is 144 cm³/mol. The van der Waals surface area contributed by atoms with E-state index in [1.54, 1.807) is 59.7 Å². The molecule has 4 aromatic rings. The number of benzene rings is 3. The first-order valence-electron chi connectivity index (χ1n) is 12.1. The number of halogens is 2. The lowest BCUT2D eigenvalue weighted by atomic mass is 9.94. The second-order valence-corrected chi connectivity index (χ2v) is 9.77. The highest BCUT2D eigenvalue weighted by Gasteiger charge is 2.61. The Bertz CT molecular complexity index is 1510. The predicted octanol–water partition coefficient (Wildman–Crippen LogP) is 6.70. The van der Waals surface area contributed by atoms with Crippen molar-refractivity contribution in [3.8, 4) is 17.1 Å². The quantitative estimate of drug-likeness (QED) is 0.249. The van der Waals surface area contributed by atoms with Crippen molar-refractivity contribution in [2.45, 2.75) is 19.1 Å². The smallest absolute Gasteiger partial charge is 0.266 e. The minimum atomic E-state index is -1.01. The molecule has 0 N–H and O–H groups in total. The molecule has 2 aliphatic rings. The van der Waals surface area contributed by atoms with Crippen molar-refractivity contribution in [1.82, 2.24) is 0 Å². The third-order valence-corrected chi connectivity index (χ3v) is 7.21. The number of fused-ring (bicyclic) bond motifs is 1. The molecule has 1 aromatic heterocycles. The molecule has 0 aliphatic carbocycles. The number of carbonyl (C=O) groups excluding carboxylic acids is 2. The van der Waals surface area contributed by atoms with Gasteiger partial charge in [-0.2, -0.15) is 0 Å². The van der Waals surface area contributed by atoms with Gasteiger partial charge in [0.15, 0.2) is 6.10 Å². The molecule has 0 spiro atoms. The topological polar surface area (TPSA) is 72.2 Å². The number of rotatable bonds is 6. The number of hydroxylamine groups is 1. The summed E-state index contributed by atoms with van der Waals surface area (Å²) in [5.74, 6) is -0.0272. The van der Waals surface area contributed by atoms with Crippen LogP contribution < -0.4 is 14.7 Å². The molecule has 2 amide bonds. The van der Waals surface area contributed by atoms with Gasteiger partial charge < -0.3 is 9.15 Å². The number of hydrogen-bond donors (Lipinski definition) is 0. The van der Waals surface area contributed by atoms with Gasteiger partial charge in [-0.15, -0.1) is 0 Å². The van der Waals surface area contributed by atoms with Gasteiger partial charge in [0.05, 0.1) is 23.0 Å². The van der Waals surface area contributed by atoms with Gasteiger partial charge in [-0.05, 0) is 73.7 Å². The van der Waals surface area contributed by atoms with Crippen molar-refractivity contribution >= 4 is 46.4 Å². The molecule has 6 rings (SSSR count). The van der Waals surface area contributed by atoms with Gasteiger partial charge >= 0.3 is 0 Å². The third-order valence-electron chi connectivity index (χ3n) is 6.64. The van der Waals surface area contributed by atoms with Crippen molar-refractivity contribution in [3.63, 3.8) is 0 Å². The molecule has 3 atom stereocenters. The van der Waals surface area contributed by atoms with Gasteiger partial charge in [0.25, 0.3) is 5.91 Å². The third kappa shape index (κ3) is 4.13. The Kier molecular flexibility index (Phi) is 6.35. The molecular weight excluding hydrogens is 527 g/mol. The molecule has 0 unspecified atom stereocenters. The van der Waals surface area contributed by atoms with Gasteiger partial charge in [-0.1, -0.05) is 41.4 Å². The minimum absolute atomic E-state index is 0.369. The average molecular weight is 549 g/mol. The first-order valence-corrected chi connectivity index (χ1v) is 12.9. The van der Waals surface area contributed by atoms with Crippen LogP contribution in [0, 0.1) is 5.92 Å². The summed E-state index contributed by atoms with van der Waals surface area (Å²) in [5.41, 5.74) is 1.77. The number of amides is 2. The number of nitrogens with zero attached hydrogens (tertiary/aromatic N) is 2. The normalized spacial score (nSPS) is 20.8. The van der Waals surface area contributed by atoms with Crippen molar-refractivity contribution < 1.29 is 23.6 Å². The van der Waals surface area contributed by atoms with Crippen LogP contribution in [0.3, 0.4) is 0 Å². The molecule has 0 saturated carbocycles. The Labute approximate surface area is 229 Å². The summed E-state index contributed by atoms with van der Waals surface area (Å²) in [7, 11) is 0. The average Bonchev–Trinajstić information content (AvgIpc) is 3.62. The summed E-state index contributed by atoms with van der Waals surface area (Å²) in [5, 5.41) is 2.58. The van der Waals surface area contributed by atoms with Crippen LogP contribution >= 0.6 is 23.2 Å². The molecule has 0 radical (unpaired) electrons. The fraction of sp³-hybridized carbons (Fsp3) is 0.172. The number of imide groups is 1.